The summed E-state index contributed by atoms with van der Waals surface area (Å²) < 4.78 is 26.1. The third-order valence-electron chi connectivity index (χ3n) is 1.83. The van der Waals surface area contributed by atoms with Crippen LogP contribution >= 0.6 is 15.9 Å². The van der Waals surface area contributed by atoms with Gasteiger partial charge in [0.15, 0.2) is 6.10 Å². The fourth-order valence-corrected chi connectivity index (χ4v) is 1.51. The van der Waals surface area contributed by atoms with Crippen molar-refractivity contribution >= 4 is 21.9 Å². The van der Waals surface area contributed by atoms with Crippen LogP contribution in [0.2, 0.25) is 0 Å². The molecule has 3 nitrogen and oxygen atoms in total. The molecule has 0 aliphatic carbocycles. The van der Waals surface area contributed by atoms with Crippen molar-refractivity contribution in [2.75, 3.05) is 0 Å². The van der Waals surface area contributed by atoms with Crippen LogP contribution in [0.1, 0.15) is 11.7 Å². The molecule has 1 aromatic carbocycles. The third kappa shape index (κ3) is 2.32. The SMILES string of the molecule is O=C(O)C(F)(F)C(O)c1ccccc1Br. The summed E-state index contributed by atoms with van der Waals surface area (Å²) in [6, 6.07) is 5.67. The number of halogens is 3. The Labute approximate surface area is 92.5 Å². The lowest BCUT2D eigenvalue weighted by molar-refractivity contribution is -0.183. The summed E-state index contributed by atoms with van der Waals surface area (Å²) in [5.74, 6) is -6.56. The van der Waals surface area contributed by atoms with E-state index in [1.165, 1.54) is 18.2 Å². The van der Waals surface area contributed by atoms with Gasteiger partial charge in [0.1, 0.15) is 0 Å². The Kier molecular flexibility index (Phi) is 3.41. The Balaban J connectivity index is 3.10. The first-order valence-electron chi connectivity index (χ1n) is 3.91. The zero-order chi connectivity index (χ0) is 11.6. The van der Waals surface area contributed by atoms with Crippen LogP contribution in [-0.2, 0) is 4.79 Å². The lowest BCUT2D eigenvalue weighted by Crippen LogP contribution is -2.35. The van der Waals surface area contributed by atoms with Crippen LogP contribution in [0.5, 0.6) is 0 Å². The van der Waals surface area contributed by atoms with Gasteiger partial charge in [0, 0.05) is 10.0 Å². The van der Waals surface area contributed by atoms with Gasteiger partial charge in [-0.25, -0.2) is 4.79 Å². The summed E-state index contributed by atoms with van der Waals surface area (Å²) in [5, 5.41) is 17.5. The Bertz CT molecular complexity index is 381. The van der Waals surface area contributed by atoms with Gasteiger partial charge in [0.05, 0.1) is 0 Å². The van der Waals surface area contributed by atoms with Crippen molar-refractivity contribution in [2.24, 2.45) is 0 Å². The fraction of sp³-hybridized carbons (Fsp3) is 0.222. The molecular formula is C9H7BrF2O3. The molecule has 1 unspecified atom stereocenters. The molecule has 0 spiro atoms. The van der Waals surface area contributed by atoms with E-state index < -0.39 is 18.0 Å². The number of hydrogen-bond donors (Lipinski definition) is 2. The molecule has 0 aromatic heterocycles. The van der Waals surface area contributed by atoms with E-state index in [2.05, 4.69) is 15.9 Å². The smallest absolute Gasteiger partial charge is 0.377 e. The van der Waals surface area contributed by atoms with Gasteiger partial charge in [-0.3, -0.25) is 0 Å². The van der Waals surface area contributed by atoms with Crippen molar-refractivity contribution in [1.82, 2.24) is 0 Å². The highest BCUT2D eigenvalue weighted by atomic mass is 79.9. The molecule has 1 rings (SSSR count). The molecule has 0 fully saturated rings. The zero-order valence-corrected chi connectivity index (χ0v) is 8.91. The Morgan fingerprint density at radius 1 is 1.40 bits per heavy atom. The number of aliphatic hydroxyl groups is 1. The van der Waals surface area contributed by atoms with Gasteiger partial charge in [0.25, 0.3) is 0 Å². The number of aliphatic carboxylic acids is 1. The molecule has 0 heterocycles. The minimum Gasteiger partial charge on any atom is -0.477 e. The zero-order valence-electron chi connectivity index (χ0n) is 7.32. The highest BCUT2D eigenvalue weighted by Gasteiger charge is 2.48. The predicted octanol–water partition coefficient (Wildman–Crippen LogP) is 2.20. The van der Waals surface area contributed by atoms with Crippen LogP contribution in [-0.4, -0.2) is 22.1 Å². The number of rotatable bonds is 3. The second-order valence-corrected chi connectivity index (χ2v) is 3.71. The van der Waals surface area contributed by atoms with Crippen molar-refractivity contribution in [3.8, 4) is 0 Å². The van der Waals surface area contributed by atoms with Gasteiger partial charge >= 0.3 is 11.9 Å². The van der Waals surface area contributed by atoms with E-state index >= 15 is 0 Å². The first-order valence-corrected chi connectivity index (χ1v) is 4.70. The van der Waals surface area contributed by atoms with Gasteiger partial charge in [-0.2, -0.15) is 8.78 Å². The Hall–Kier alpha value is -1.01. The summed E-state index contributed by atoms with van der Waals surface area (Å²) >= 11 is 2.95. The fourth-order valence-electron chi connectivity index (χ4n) is 1.01. The van der Waals surface area contributed by atoms with Gasteiger partial charge in [-0.05, 0) is 6.07 Å². The van der Waals surface area contributed by atoms with Crippen molar-refractivity contribution in [1.29, 1.82) is 0 Å². The maximum Gasteiger partial charge on any atom is 0.377 e. The number of hydrogen-bond acceptors (Lipinski definition) is 2. The van der Waals surface area contributed by atoms with Gasteiger partial charge in [-0.1, -0.05) is 34.1 Å². The van der Waals surface area contributed by atoms with E-state index in [0.717, 1.165) is 0 Å². The molecule has 2 N–H and O–H groups in total. The molecule has 0 saturated carbocycles. The standard InChI is InChI=1S/C9H7BrF2O3/c10-6-4-2-1-3-5(6)7(13)9(11,12)8(14)15/h1-4,7,13H,(H,14,15). The molecule has 6 heteroatoms. The first-order chi connectivity index (χ1) is 6.87. The number of benzene rings is 1. The van der Waals surface area contributed by atoms with E-state index in [9.17, 15) is 18.7 Å². The summed E-state index contributed by atoms with van der Waals surface area (Å²) in [7, 11) is 0. The topological polar surface area (TPSA) is 57.5 Å². The lowest BCUT2D eigenvalue weighted by atomic mass is 10.0. The molecule has 82 valence electrons. The second-order valence-electron chi connectivity index (χ2n) is 2.85. The molecule has 0 bridgehead atoms. The van der Waals surface area contributed by atoms with E-state index in [1.54, 1.807) is 6.07 Å². The molecule has 15 heavy (non-hydrogen) atoms. The van der Waals surface area contributed by atoms with Crippen molar-refractivity contribution < 1.29 is 23.8 Å². The quantitative estimate of drug-likeness (QED) is 0.893. The average molecular weight is 281 g/mol. The molecule has 0 saturated heterocycles. The number of carbonyl (C=O) groups is 1. The lowest BCUT2D eigenvalue weighted by Gasteiger charge is -2.19. The van der Waals surface area contributed by atoms with Gasteiger partial charge in [-0.15, -0.1) is 0 Å². The highest BCUT2D eigenvalue weighted by Crippen LogP contribution is 2.34. The van der Waals surface area contributed by atoms with E-state index in [1.807, 2.05) is 0 Å². The molecule has 1 atom stereocenters. The Morgan fingerprint density at radius 2 is 1.93 bits per heavy atom. The Morgan fingerprint density at radius 3 is 2.40 bits per heavy atom. The van der Waals surface area contributed by atoms with Crippen LogP contribution in [0.15, 0.2) is 28.7 Å². The van der Waals surface area contributed by atoms with Crippen LogP contribution in [0.4, 0.5) is 8.78 Å². The number of alkyl halides is 2. The highest BCUT2D eigenvalue weighted by molar-refractivity contribution is 9.10. The molecule has 0 amide bonds. The molecule has 0 radical (unpaired) electrons. The van der Waals surface area contributed by atoms with Crippen LogP contribution in [0.3, 0.4) is 0 Å². The van der Waals surface area contributed by atoms with Crippen LogP contribution in [0.25, 0.3) is 0 Å². The molecular weight excluding hydrogens is 274 g/mol. The maximum absolute atomic E-state index is 12.9. The summed E-state index contributed by atoms with van der Waals surface area (Å²) in [5.41, 5.74) is -0.162. The van der Waals surface area contributed by atoms with Crippen molar-refractivity contribution in [3.63, 3.8) is 0 Å². The second kappa shape index (κ2) is 4.24. The number of aliphatic hydroxyl groups excluding tert-OH is 1. The summed E-state index contributed by atoms with van der Waals surface area (Å²) in [4.78, 5) is 10.2. The largest absolute Gasteiger partial charge is 0.477 e. The van der Waals surface area contributed by atoms with Gasteiger partial charge in [0.2, 0.25) is 0 Å². The van der Waals surface area contributed by atoms with Crippen LogP contribution < -0.4 is 0 Å². The van der Waals surface area contributed by atoms with Gasteiger partial charge < -0.3 is 10.2 Å². The maximum atomic E-state index is 12.9. The average Bonchev–Trinajstić information content (AvgIpc) is 2.17. The molecule has 0 aliphatic heterocycles. The van der Waals surface area contributed by atoms with Crippen molar-refractivity contribution in [2.45, 2.75) is 12.0 Å². The predicted molar refractivity (Wildman–Crippen MR) is 51.7 cm³/mol. The first kappa shape index (κ1) is 12.1. The molecule has 0 aliphatic rings. The number of carboxylic acids is 1. The van der Waals surface area contributed by atoms with E-state index in [4.69, 9.17) is 5.11 Å². The van der Waals surface area contributed by atoms with Crippen molar-refractivity contribution in [3.05, 3.63) is 34.3 Å². The summed E-state index contributed by atoms with van der Waals surface area (Å²) in [6.45, 7) is 0. The summed E-state index contributed by atoms with van der Waals surface area (Å²) in [6.07, 6.45) is -2.37. The van der Waals surface area contributed by atoms with E-state index in [0.29, 0.717) is 0 Å². The van der Waals surface area contributed by atoms with E-state index in [-0.39, 0.29) is 10.0 Å². The number of carboxylic acid groups (broad SMARTS) is 1. The monoisotopic (exact) mass is 280 g/mol. The molecule has 1 aromatic rings. The normalized spacial score (nSPS) is 13.6. The van der Waals surface area contributed by atoms with Crippen LogP contribution in [0, 0.1) is 0 Å². The minimum atomic E-state index is -4.20. The minimum absolute atomic E-state index is 0.162. The third-order valence-corrected chi connectivity index (χ3v) is 2.55.